The molecule has 1 rings (SSSR count). The zero-order valence-electron chi connectivity index (χ0n) is 9.80. The number of nitrogens with one attached hydrogen (secondary N) is 1. The maximum absolute atomic E-state index is 11.4. The second kappa shape index (κ2) is 5.05. The molecule has 1 aliphatic rings. The van der Waals surface area contributed by atoms with Crippen molar-refractivity contribution >= 4 is 17.9 Å². The van der Waals surface area contributed by atoms with Crippen LogP contribution in [0.2, 0.25) is 0 Å². The summed E-state index contributed by atoms with van der Waals surface area (Å²) in [5, 5.41) is 19.6. The number of aliphatic carboxylic acids is 1. The van der Waals surface area contributed by atoms with Gasteiger partial charge in [0.2, 0.25) is 0 Å². The van der Waals surface area contributed by atoms with Crippen molar-refractivity contribution in [3.8, 4) is 0 Å². The molecule has 1 aliphatic heterocycles. The Labute approximate surface area is 102 Å². The van der Waals surface area contributed by atoms with Crippen molar-refractivity contribution in [2.24, 2.45) is 0 Å². The van der Waals surface area contributed by atoms with Crippen molar-refractivity contribution in [1.82, 2.24) is 5.32 Å². The minimum atomic E-state index is -1.35. The number of rotatable bonds is 4. The molecule has 0 aliphatic carbocycles. The van der Waals surface area contributed by atoms with Gasteiger partial charge in [-0.05, 0) is 0 Å². The van der Waals surface area contributed by atoms with E-state index in [1.54, 1.807) is 0 Å². The lowest BCUT2D eigenvalue weighted by Gasteiger charge is -2.29. The fourth-order valence-electron chi connectivity index (χ4n) is 1.16. The molecule has 1 saturated heterocycles. The molecule has 0 spiro atoms. The third kappa shape index (κ3) is 3.20. The number of ether oxygens (including phenoxy) is 2. The quantitative estimate of drug-likeness (QED) is 0.325. The number of cyclic esters (lactones) is 2. The summed E-state index contributed by atoms with van der Waals surface area (Å²) in [4.78, 5) is 33.5. The summed E-state index contributed by atoms with van der Waals surface area (Å²) >= 11 is 0. The van der Waals surface area contributed by atoms with Gasteiger partial charge in [-0.25, -0.2) is 14.4 Å². The first kappa shape index (κ1) is 14.0. The van der Waals surface area contributed by atoms with Gasteiger partial charge >= 0.3 is 17.9 Å². The van der Waals surface area contributed by atoms with Crippen molar-refractivity contribution in [3.63, 3.8) is 0 Å². The third-order valence-corrected chi connectivity index (χ3v) is 2.03. The number of carboxylic acid groups (broad SMARTS) is 1. The summed E-state index contributed by atoms with van der Waals surface area (Å²) in [6.07, 6.45) is 0.856. The molecule has 1 heterocycles. The molecule has 0 aromatic carbocycles. The van der Waals surface area contributed by atoms with Crippen molar-refractivity contribution < 1.29 is 34.1 Å². The maximum atomic E-state index is 11.4. The number of carboxylic acids is 1. The summed E-state index contributed by atoms with van der Waals surface area (Å²) in [6, 6.07) is -1.33. The van der Waals surface area contributed by atoms with Crippen molar-refractivity contribution in [2.75, 3.05) is 6.61 Å². The van der Waals surface area contributed by atoms with Crippen LogP contribution in [-0.2, 0) is 23.9 Å². The predicted molar refractivity (Wildman–Crippen MR) is 56.0 cm³/mol. The Balaban J connectivity index is 2.80. The van der Waals surface area contributed by atoms with Crippen LogP contribution >= 0.6 is 0 Å². The number of esters is 2. The Hall–Kier alpha value is -2.09. The molecule has 0 saturated carbocycles. The van der Waals surface area contributed by atoms with Gasteiger partial charge in [0, 0.05) is 20.0 Å². The Morgan fingerprint density at radius 2 is 1.89 bits per heavy atom. The second-order valence-electron chi connectivity index (χ2n) is 3.98. The smallest absolute Gasteiger partial charge is 0.350 e. The van der Waals surface area contributed by atoms with Crippen LogP contribution in [0.15, 0.2) is 11.8 Å². The molecule has 8 heteroatoms. The van der Waals surface area contributed by atoms with Gasteiger partial charge in [-0.1, -0.05) is 0 Å². The van der Waals surface area contributed by atoms with Crippen LogP contribution in [0, 0.1) is 0 Å². The van der Waals surface area contributed by atoms with Gasteiger partial charge in [0.15, 0.2) is 5.57 Å². The average molecular weight is 259 g/mol. The standard InChI is InChI=1S/C10H13NO7/c1-10(2)17-8(15)5(9(16)18-10)3-11-6(4-12)7(13)14/h3,6,11-12H,4H2,1-2H3,(H,13,14)/t6-/m1/s1. The van der Waals surface area contributed by atoms with Gasteiger partial charge in [0.25, 0.3) is 5.79 Å². The first-order chi connectivity index (χ1) is 8.26. The molecule has 3 N–H and O–H groups in total. The zero-order chi connectivity index (χ0) is 13.9. The summed E-state index contributed by atoms with van der Waals surface area (Å²) in [7, 11) is 0. The van der Waals surface area contributed by atoms with Crippen LogP contribution in [0.3, 0.4) is 0 Å². The number of carbonyl (C=O) groups excluding carboxylic acids is 2. The number of aliphatic hydroxyl groups excluding tert-OH is 1. The Bertz CT molecular complexity index is 390. The number of hydrogen-bond acceptors (Lipinski definition) is 7. The van der Waals surface area contributed by atoms with Crippen molar-refractivity contribution in [3.05, 3.63) is 11.8 Å². The average Bonchev–Trinajstić information content (AvgIpc) is 2.20. The van der Waals surface area contributed by atoms with Gasteiger partial charge < -0.3 is 25.0 Å². The predicted octanol–water partition coefficient (Wildman–Crippen LogP) is -1.26. The number of carbonyl (C=O) groups is 3. The number of hydrogen-bond donors (Lipinski definition) is 3. The van der Waals surface area contributed by atoms with Crippen LogP contribution in [0.25, 0.3) is 0 Å². The van der Waals surface area contributed by atoms with E-state index in [1.165, 1.54) is 13.8 Å². The summed E-state index contributed by atoms with van der Waals surface area (Å²) in [6.45, 7) is 2.08. The monoisotopic (exact) mass is 259 g/mol. The minimum absolute atomic E-state index is 0.464. The number of aliphatic hydroxyl groups is 1. The molecule has 0 amide bonds. The lowest BCUT2D eigenvalue weighted by molar-refractivity contribution is -0.222. The van der Waals surface area contributed by atoms with Crippen LogP contribution in [0.4, 0.5) is 0 Å². The molecular formula is C10H13NO7. The molecule has 0 bridgehead atoms. The first-order valence-electron chi connectivity index (χ1n) is 5.03. The van der Waals surface area contributed by atoms with E-state index in [4.69, 9.17) is 19.7 Å². The molecule has 8 nitrogen and oxygen atoms in total. The fourth-order valence-corrected chi connectivity index (χ4v) is 1.16. The second-order valence-corrected chi connectivity index (χ2v) is 3.98. The van der Waals surface area contributed by atoms with E-state index in [9.17, 15) is 14.4 Å². The SMILES string of the molecule is CC1(C)OC(=O)C(=CN[C@H](CO)C(=O)O)C(=O)O1. The molecule has 1 fully saturated rings. The molecule has 100 valence electrons. The normalized spacial score (nSPS) is 19.6. The van der Waals surface area contributed by atoms with E-state index < -0.39 is 41.9 Å². The zero-order valence-corrected chi connectivity index (χ0v) is 9.80. The van der Waals surface area contributed by atoms with E-state index in [2.05, 4.69) is 5.32 Å². The Kier molecular flexibility index (Phi) is 3.92. The lowest BCUT2D eigenvalue weighted by atomic mass is 10.2. The molecule has 0 unspecified atom stereocenters. The molecular weight excluding hydrogens is 246 g/mol. The van der Waals surface area contributed by atoms with Gasteiger partial charge in [0.05, 0.1) is 6.61 Å². The van der Waals surface area contributed by atoms with Crippen molar-refractivity contribution in [1.29, 1.82) is 0 Å². The fraction of sp³-hybridized carbons (Fsp3) is 0.500. The molecule has 1 atom stereocenters. The highest BCUT2D eigenvalue weighted by Gasteiger charge is 2.39. The molecule has 0 radical (unpaired) electrons. The highest BCUT2D eigenvalue weighted by molar-refractivity contribution is 6.15. The van der Waals surface area contributed by atoms with Crippen LogP contribution in [0.1, 0.15) is 13.8 Å². The molecule has 18 heavy (non-hydrogen) atoms. The summed E-state index contributed by atoms with van der Waals surface area (Å²) in [5.41, 5.74) is -0.464. The topological polar surface area (TPSA) is 122 Å². The van der Waals surface area contributed by atoms with E-state index in [0.717, 1.165) is 6.20 Å². The highest BCUT2D eigenvalue weighted by atomic mass is 16.7. The van der Waals surface area contributed by atoms with Gasteiger partial charge in [-0.2, -0.15) is 0 Å². The minimum Gasteiger partial charge on any atom is -0.480 e. The summed E-state index contributed by atoms with van der Waals surface area (Å²) in [5.74, 6) is -4.53. The van der Waals surface area contributed by atoms with Gasteiger partial charge in [-0.3, -0.25) is 0 Å². The van der Waals surface area contributed by atoms with E-state index in [-0.39, 0.29) is 0 Å². The van der Waals surface area contributed by atoms with Crippen molar-refractivity contribution in [2.45, 2.75) is 25.7 Å². The maximum Gasteiger partial charge on any atom is 0.350 e. The van der Waals surface area contributed by atoms with E-state index in [0.29, 0.717) is 0 Å². The van der Waals surface area contributed by atoms with Gasteiger partial charge in [-0.15, -0.1) is 0 Å². The van der Waals surface area contributed by atoms with Crippen LogP contribution < -0.4 is 5.32 Å². The third-order valence-electron chi connectivity index (χ3n) is 2.03. The largest absolute Gasteiger partial charge is 0.480 e. The highest BCUT2D eigenvalue weighted by Crippen LogP contribution is 2.21. The van der Waals surface area contributed by atoms with Gasteiger partial charge in [0.1, 0.15) is 6.04 Å². The van der Waals surface area contributed by atoms with E-state index >= 15 is 0 Å². The van der Waals surface area contributed by atoms with Crippen LogP contribution in [-0.4, -0.2) is 46.6 Å². The Morgan fingerprint density at radius 3 is 2.28 bits per heavy atom. The van der Waals surface area contributed by atoms with E-state index in [1.807, 2.05) is 0 Å². The Morgan fingerprint density at radius 1 is 1.39 bits per heavy atom. The molecule has 0 aromatic heterocycles. The van der Waals surface area contributed by atoms with Crippen LogP contribution in [0.5, 0.6) is 0 Å². The lowest BCUT2D eigenvalue weighted by Crippen LogP contribution is -2.43. The summed E-state index contributed by atoms with van der Waals surface area (Å²) < 4.78 is 9.57. The molecule has 0 aromatic rings. The first-order valence-corrected chi connectivity index (χ1v) is 5.03.